The number of nitrogens with one attached hydrogen (secondary N) is 1. The molecular formula is C11H13Br2NO3S. The van der Waals surface area contributed by atoms with Crippen molar-refractivity contribution in [1.82, 2.24) is 5.32 Å². The molecule has 0 saturated carbocycles. The first-order valence-electron chi connectivity index (χ1n) is 5.34. The van der Waals surface area contributed by atoms with Crippen LogP contribution in [0.15, 0.2) is 14.3 Å². The molecule has 0 fully saturated rings. The first-order valence-corrected chi connectivity index (χ1v) is 7.74. The molecule has 7 heteroatoms. The maximum Gasteiger partial charge on any atom is 0.305 e. The second-order valence-electron chi connectivity index (χ2n) is 3.52. The van der Waals surface area contributed by atoms with Gasteiger partial charge in [0.25, 0.3) is 5.91 Å². The number of hydrogen-bond donors (Lipinski definition) is 1. The van der Waals surface area contributed by atoms with E-state index >= 15 is 0 Å². The van der Waals surface area contributed by atoms with Crippen molar-refractivity contribution in [3.05, 3.63) is 19.2 Å². The Morgan fingerprint density at radius 3 is 2.67 bits per heavy atom. The minimum Gasteiger partial charge on any atom is -0.469 e. The lowest BCUT2D eigenvalue weighted by Gasteiger charge is -2.02. The van der Waals surface area contributed by atoms with Crippen LogP contribution in [0.25, 0.3) is 0 Å². The van der Waals surface area contributed by atoms with Crippen molar-refractivity contribution >= 4 is 55.1 Å². The quantitative estimate of drug-likeness (QED) is 0.590. The van der Waals surface area contributed by atoms with Crippen molar-refractivity contribution in [1.29, 1.82) is 0 Å². The highest BCUT2D eigenvalue weighted by atomic mass is 79.9. The highest BCUT2D eigenvalue weighted by Gasteiger charge is 2.11. The average Bonchev–Trinajstić information content (AvgIpc) is 2.68. The van der Waals surface area contributed by atoms with Crippen LogP contribution in [0.4, 0.5) is 0 Å². The van der Waals surface area contributed by atoms with Crippen LogP contribution in [0.5, 0.6) is 0 Å². The van der Waals surface area contributed by atoms with Gasteiger partial charge in [0.2, 0.25) is 0 Å². The molecule has 0 saturated heterocycles. The second kappa shape index (κ2) is 7.91. The summed E-state index contributed by atoms with van der Waals surface area (Å²) in [4.78, 5) is 23.2. The predicted molar refractivity (Wildman–Crippen MR) is 77.9 cm³/mol. The highest BCUT2D eigenvalue weighted by molar-refractivity contribution is 9.13. The van der Waals surface area contributed by atoms with E-state index in [0.29, 0.717) is 24.3 Å². The van der Waals surface area contributed by atoms with Crippen molar-refractivity contribution < 1.29 is 14.3 Å². The van der Waals surface area contributed by atoms with E-state index in [2.05, 4.69) is 41.9 Å². The second-order valence-corrected chi connectivity index (χ2v) is 6.75. The number of unbranched alkanes of at least 4 members (excludes halogenated alkanes) is 1. The van der Waals surface area contributed by atoms with Crippen molar-refractivity contribution in [2.75, 3.05) is 13.7 Å². The number of carbonyl (C=O) groups excluding carboxylic acids is 2. The SMILES string of the molecule is COC(=O)CCCCNC(=O)c1cc(Br)c(Br)s1. The number of rotatable bonds is 6. The maximum atomic E-state index is 11.7. The van der Waals surface area contributed by atoms with Gasteiger partial charge in [0, 0.05) is 17.4 Å². The predicted octanol–water partition coefficient (Wildman–Crippen LogP) is 3.35. The van der Waals surface area contributed by atoms with Crippen LogP contribution < -0.4 is 5.32 Å². The van der Waals surface area contributed by atoms with Crippen LogP contribution in [0.1, 0.15) is 28.9 Å². The van der Waals surface area contributed by atoms with E-state index < -0.39 is 0 Å². The summed E-state index contributed by atoms with van der Waals surface area (Å²) in [6, 6.07) is 1.78. The molecule has 0 atom stereocenters. The number of ether oxygens (including phenoxy) is 1. The fourth-order valence-electron chi connectivity index (χ4n) is 1.24. The van der Waals surface area contributed by atoms with Crippen LogP contribution in [0.3, 0.4) is 0 Å². The van der Waals surface area contributed by atoms with Gasteiger partial charge in [-0.25, -0.2) is 0 Å². The molecule has 1 N–H and O–H groups in total. The first kappa shape index (κ1) is 15.7. The van der Waals surface area contributed by atoms with Gasteiger partial charge in [-0.1, -0.05) is 0 Å². The molecule has 100 valence electrons. The lowest BCUT2D eigenvalue weighted by Crippen LogP contribution is -2.23. The van der Waals surface area contributed by atoms with Gasteiger partial charge >= 0.3 is 5.97 Å². The van der Waals surface area contributed by atoms with Crippen molar-refractivity contribution in [3.8, 4) is 0 Å². The molecule has 0 aliphatic rings. The minimum absolute atomic E-state index is 0.0931. The molecule has 0 aromatic carbocycles. The Morgan fingerprint density at radius 2 is 2.11 bits per heavy atom. The van der Waals surface area contributed by atoms with Crippen molar-refractivity contribution in [2.24, 2.45) is 0 Å². The molecule has 1 amide bonds. The summed E-state index contributed by atoms with van der Waals surface area (Å²) < 4.78 is 6.31. The number of carbonyl (C=O) groups is 2. The Balaban J connectivity index is 2.23. The molecule has 0 unspecified atom stereocenters. The third-order valence-corrected chi connectivity index (χ3v) is 5.44. The van der Waals surface area contributed by atoms with Crippen LogP contribution in [0, 0.1) is 0 Å². The number of amides is 1. The molecule has 0 aliphatic carbocycles. The van der Waals surface area contributed by atoms with Gasteiger partial charge in [-0.05, 0) is 50.8 Å². The summed E-state index contributed by atoms with van der Waals surface area (Å²) >= 11 is 8.05. The number of thiophene rings is 1. The Kier molecular flexibility index (Phi) is 6.88. The van der Waals surface area contributed by atoms with E-state index in [0.717, 1.165) is 14.7 Å². The maximum absolute atomic E-state index is 11.7. The van der Waals surface area contributed by atoms with Crippen molar-refractivity contribution in [2.45, 2.75) is 19.3 Å². The van der Waals surface area contributed by atoms with Gasteiger partial charge in [-0.15, -0.1) is 11.3 Å². The number of halogens is 2. The fraction of sp³-hybridized carbons (Fsp3) is 0.455. The molecular weight excluding hydrogens is 386 g/mol. The van der Waals surface area contributed by atoms with E-state index in [1.165, 1.54) is 18.4 Å². The third-order valence-electron chi connectivity index (χ3n) is 2.19. The van der Waals surface area contributed by atoms with E-state index in [1.807, 2.05) is 0 Å². The van der Waals surface area contributed by atoms with Gasteiger partial charge < -0.3 is 10.1 Å². The highest BCUT2D eigenvalue weighted by Crippen LogP contribution is 2.32. The first-order chi connectivity index (χ1) is 8.54. The average molecular weight is 399 g/mol. The van der Waals surface area contributed by atoms with E-state index in [1.54, 1.807) is 6.07 Å². The lowest BCUT2D eigenvalue weighted by molar-refractivity contribution is -0.140. The van der Waals surface area contributed by atoms with Gasteiger partial charge in [0.15, 0.2) is 0 Å². The Labute approximate surface area is 126 Å². The molecule has 18 heavy (non-hydrogen) atoms. The Morgan fingerprint density at radius 1 is 1.39 bits per heavy atom. The standard InChI is InChI=1S/C11H13Br2NO3S/c1-17-9(15)4-2-3-5-14-11(16)8-6-7(12)10(13)18-8/h6H,2-5H2,1H3,(H,14,16). The molecule has 0 bridgehead atoms. The van der Waals surface area contributed by atoms with Gasteiger partial charge in [-0.3, -0.25) is 9.59 Å². The molecule has 0 radical (unpaired) electrons. The zero-order valence-corrected chi connectivity index (χ0v) is 13.8. The third kappa shape index (κ3) is 5.07. The normalized spacial score (nSPS) is 10.2. The summed E-state index contributed by atoms with van der Waals surface area (Å²) in [6.45, 7) is 0.558. The molecule has 1 heterocycles. The van der Waals surface area contributed by atoms with Gasteiger partial charge in [0.05, 0.1) is 15.8 Å². The smallest absolute Gasteiger partial charge is 0.305 e. The van der Waals surface area contributed by atoms with Crippen LogP contribution >= 0.6 is 43.2 Å². The Hall–Kier alpha value is -0.400. The number of methoxy groups -OCH3 is 1. The van der Waals surface area contributed by atoms with Crippen LogP contribution in [-0.4, -0.2) is 25.5 Å². The number of hydrogen-bond acceptors (Lipinski definition) is 4. The monoisotopic (exact) mass is 397 g/mol. The van der Waals surface area contributed by atoms with Crippen LogP contribution in [0.2, 0.25) is 0 Å². The van der Waals surface area contributed by atoms with E-state index in [4.69, 9.17) is 0 Å². The van der Waals surface area contributed by atoms with E-state index in [9.17, 15) is 9.59 Å². The summed E-state index contributed by atoms with van der Waals surface area (Å²) in [6.07, 6.45) is 1.86. The topological polar surface area (TPSA) is 55.4 Å². The summed E-state index contributed by atoms with van der Waals surface area (Å²) in [7, 11) is 1.37. The zero-order chi connectivity index (χ0) is 13.5. The Bertz CT molecular complexity index is 414. The fourth-order valence-corrected chi connectivity index (χ4v) is 3.20. The molecule has 4 nitrogen and oxygen atoms in total. The molecule has 1 aromatic rings. The zero-order valence-electron chi connectivity index (χ0n) is 9.79. The lowest BCUT2D eigenvalue weighted by atomic mass is 10.2. The van der Waals surface area contributed by atoms with E-state index in [-0.39, 0.29) is 11.9 Å². The summed E-state index contributed by atoms with van der Waals surface area (Å²) in [5.74, 6) is -0.308. The summed E-state index contributed by atoms with van der Waals surface area (Å²) in [5, 5.41) is 2.81. The molecule has 1 rings (SSSR count). The van der Waals surface area contributed by atoms with Crippen LogP contribution in [-0.2, 0) is 9.53 Å². The molecule has 1 aromatic heterocycles. The molecule has 0 spiro atoms. The molecule has 0 aliphatic heterocycles. The summed E-state index contributed by atoms with van der Waals surface area (Å²) in [5.41, 5.74) is 0. The largest absolute Gasteiger partial charge is 0.469 e. The van der Waals surface area contributed by atoms with Gasteiger partial charge in [-0.2, -0.15) is 0 Å². The van der Waals surface area contributed by atoms with Gasteiger partial charge in [0.1, 0.15) is 0 Å². The number of esters is 1. The minimum atomic E-state index is -0.215. The van der Waals surface area contributed by atoms with Crippen molar-refractivity contribution in [3.63, 3.8) is 0 Å².